The Balaban J connectivity index is 1.39. The lowest BCUT2D eigenvalue weighted by atomic mass is 10.1. The standard InChI is InChI=1S/C19H20ClF3N6O/c20-14-3-1-2-4-15(14)29-10-12-9-24-17(26-16(12)27-18(29)30)25-13-5-7-28(8-6-13)11-19(21,22)23/h1-4,9,13H,5-8,10-11H2,(H2,24,25,26,27,30). The zero-order chi connectivity index (χ0) is 21.3. The molecule has 0 bridgehead atoms. The average molecular weight is 441 g/mol. The van der Waals surface area contributed by atoms with Crippen LogP contribution in [0.1, 0.15) is 18.4 Å². The Kier molecular flexibility index (Phi) is 5.70. The number of hydrogen-bond acceptors (Lipinski definition) is 5. The first-order valence-electron chi connectivity index (χ1n) is 9.53. The Bertz CT molecular complexity index is 933. The van der Waals surface area contributed by atoms with Crippen molar-refractivity contribution in [3.8, 4) is 0 Å². The number of nitrogens with zero attached hydrogens (tertiary/aromatic N) is 4. The van der Waals surface area contributed by atoms with Gasteiger partial charge in [0.05, 0.1) is 23.8 Å². The van der Waals surface area contributed by atoms with Crippen molar-refractivity contribution in [3.05, 3.63) is 41.0 Å². The van der Waals surface area contributed by atoms with Gasteiger partial charge in [0, 0.05) is 30.9 Å². The smallest absolute Gasteiger partial charge is 0.351 e. The van der Waals surface area contributed by atoms with Crippen molar-refractivity contribution in [1.29, 1.82) is 0 Å². The number of likely N-dealkylation sites (tertiary alicyclic amines) is 1. The second kappa shape index (κ2) is 8.27. The van der Waals surface area contributed by atoms with E-state index in [9.17, 15) is 18.0 Å². The van der Waals surface area contributed by atoms with Gasteiger partial charge in [-0.3, -0.25) is 15.1 Å². The van der Waals surface area contributed by atoms with Crippen LogP contribution in [0.4, 0.5) is 35.4 Å². The van der Waals surface area contributed by atoms with Crippen LogP contribution in [0.3, 0.4) is 0 Å². The quantitative estimate of drug-likeness (QED) is 0.748. The van der Waals surface area contributed by atoms with Gasteiger partial charge in [-0.25, -0.2) is 9.78 Å². The number of urea groups is 1. The molecule has 1 saturated heterocycles. The highest BCUT2D eigenvalue weighted by Gasteiger charge is 2.33. The van der Waals surface area contributed by atoms with Gasteiger partial charge in [0.25, 0.3) is 0 Å². The first kappa shape index (κ1) is 20.7. The number of amides is 2. The number of anilines is 3. The normalized spacial score (nSPS) is 18.1. The van der Waals surface area contributed by atoms with Crippen molar-refractivity contribution < 1.29 is 18.0 Å². The van der Waals surface area contributed by atoms with E-state index in [1.807, 2.05) is 0 Å². The molecule has 1 aromatic carbocycles. The summed E-state index contributed by atoms with van der Waals surface area (Å²) in [7, 11) is 0. The van der Waals surface area contributed by atoms with Crippen LogP contribution < -0.4 is 15.5 Å². The maximum Gasteiger partial charge on any atom is 0.401 e. The maximum absolute atomic E-state index is 12.5. The molecule has 1 fully saturated rings. The number of para-hydroxylation sites is 1. The number of aromatic nitrogens is 2. The fourth-order valence-corrected chi connectivity index (χ4v) is 3.89. The molecule has 11 heteroatoms. The van der Waals surface area contributed by atoms with Gasteiger partial charge in [-0.15, -0.1) is 0 Å². The highest BCUT2D eigenvalue weighted by Crippen LogP contribution is 2.31. The summed E-state index contributed by atoms with van der Waals surface area (Å²) in [6.45, 7) is 0.0985. The molecule has 0 unspecified atom stereocenters. The number of benzene rings is 1. The van der Waals surface area contributed by atoms with Crippen molar-refractivity contribution >= 4 is 35.1 Å². The van der Waals surface area contributed by atoms with Crippen molar-refractivity contribution in [1.82, 2.24) is 14.9 Å². The van der Waals surface area contributed by atoms with E-state index in [4.69, 9.17) is 11.6 Å². The van der Waals surface area contributed by atoms with Gasteiger partial charge < -0.3 is 5.32 Å². The van der Waals surface area contributed by atoms with E-state index < -0.39 is 12.7 Å². The van der Waals surface area contributed by atoms with E-state index in [-0.39, 0.29) is 18.6 Å². The van der Waals surface area contributed by atoms with Crippen LogP contribution in [0.2, 0.25) is 5.02 Å². The average Bonchev–Trinajstić information content (AvgIpc) is 2.68. The fraction of sp³-hybridized carbons (Fsp3) is 0.421. The molecule has 3 heterocycles. The molecule has 2 N–H and O–H groups in total. The van der Waals surface area contributed by atoms with Crippen LogP contribution in [-0.4, -0.2) is 52.8 Å². The Morgan fingerprint density at radius 1 is 1.23 bits per heavy atom. The van der Waals surface area contributed by atoms with Crippen molar-refractivity contribution in [3.63, 3.8) is 0 Å². The molecule has 0 aliphatic carbocycles. The summed E-state index contributed by atoms with van der Waals surface area (Å²) in [4.78, 5) is 24.1. The van der Waals surface area contributed by atoms with Gasteiger partial charge in [-0.05, 0) is 25.0 Å². The molecule has 160 valence electrons. The molecule has 30 heavy (non-hydrogen) atoms. The molecule has 2 aromatic rings. The number of halogens is 4. The van der Waals surface area contributed by atoms with Crippen molar-refractivity contribution in [2.45, 2.75) is 31.6 Å². The summed E-state index contributed by atoms with van der Waals surface area (Å²) < 4.78 is 37.5. The second-order valence-electron chi connectivity index (χ2n) is 7.35. The molecule has 0 spiro atoms. The number of hydrogen-bond donors (Lipinski definition) is 2. The van der Waals surface area contributed by atoms with Gasteiger partial charge >= 0.3 is 12.2 Å². The second-order valence-corrected chi connectivity index (χ2v) is 7.75. The zero-order valence-corrected chi connectivity index (χ0v) is 16.7. The Hall–Kier alpha value is -2.59. The van der Waals surface area contributed by atoms with Crippen LogP contribution >= 0.6 is 11.6 Å². The predicted molar refractivity (Wildman–Crippen MR) is 108 cm³/mol. The Labute approximate surface area is 176 Å². The summed E-state index contributed by atoms with van der Waals surface area (Å²) in [6, 6.07) is 6.69. The molecule has 1 aromatic heterocycles. The number of carbonyl (C=O) groups is 1. The number of piperidine rings is 1. The summed E-state index contributed by atoms with van der Waals surface area (Å²) >= 11 is 6.20. The van der Waals surface area contributed by atoms with Gasteiger partial charge in [0.15, 0.2) is 0 Å². The first-order chi connectivity index (χ1) is 14.3. The zero-order valence-electron chi connectivity index (χ0n) is 15.9. The predicted octanol–water partition coefficient (Wildman–Crippen LogP) is 4.12. The third kappa shape index (κ3) is 4.76. The molecule has 2 aliphatic heterocycles. The molecule has 4 rings (SSSR count). The van der Waals surface area contributed by atoms with Gasteiger partial charge in [-0.1, -0.05) is 23.7 Å². The minimum atomic E-state index is -4.18. The lowest BCUT2D eigenvalue weighted by Gasteiger charge is -2.33. The molecular formula is C19H20ClF3N6O. The Morgan fingerprint density at radius 3 is 2.67 bits per heavy atom. The minimum absolute atomic E-state index is 0.0218. The van der Waals surface area contributed by atoms with Crippen molar-refractivity contribution in [2.24, 2.45) is 0 Å². The Morgan fingerprint density at radius 2 is 1.97 bits per heavy atom. The van der Waals surface area contributed by atoms with Gasteiger partial charge in [0.1, 0.15) is 5.82 Å². The van der Waals surface area contributed by atoms with Gasteiger partial charge in [-0.2, -0.15) is 18.2 Å². The van der Waals surface area contributed by atoms with Gasteiger partial charge in [0.2, 0.25) is 5.95 Å². The largest absolute Gasteiger partial charge is 0.401 e. The summed E-state index contributed by atoms with van der Waals surface area (Å²) in [5, 5.41) is 6.38. The highest BCUT2D eigenvalue weighted by molar-refractivity contribution is 6.34. The first-order valence-corrected chi connectivity index (χ1v) is 9.91. The fourth-order valence-electron chi connectivity index (χ4n) is 3.65. The van der Waals surface area contributed by atoms with E-state index in [1.165, 1.54) is 9.80 Å². The SMILES string of the molecule is O=C1Nc2nc(NC3CCN(CC(F)(F)F)CC3)ncc2CN1c1ccccc1Cl. The molecular weight excluding hydrogens is 421 g/mol. The minimum Gasteiger partial charge on any atom is -0.351 e. The highest BCUT2D eigenvalue weighted by atomic mass is 35.5. The van der Waals surface area contributed by atoms with Crippen LogP contribution in [-0.2, 0) is 6.54 Å². The van der Waals surface area contributed by atoms with E-state index in [0.29, 0.717) is 48.4 Å². The molecule has 0 saturated carbocycles. The van der Waals surface area contributed by atoms with Crippen LogP contribution in [0.5, 0.6) is 0 Å². The van der Waals surface area contributed by atoms with E-state index in [0.717, 1.165) is 5.56 Å². The third-order valence-electron chi connectivity index (χ3n) is 5.13. The van der Waals surface area contributed by atoms with E-state index in [2.05, 4.69) is 20.6 Å². The molecule has 0 atom stereocenters. The van der Waals surface area contributed by atoms with E-state index >= 15 is 0 Å². The number of alkyl halides is 3. The van der Waals surface area contributed by atoms with Crippen LogP contribution in [0.25, 0.3) is 0 Å². The van der Waals surface area contributed by atoms with E-state index in [1.54, 1.807) is 30.5 Å². The topological polar surface area (TPSA) is 73.4 Å². The lowest BCUT2D eigenvalue weighted by molar-refractivity contribution is -0.147. The van der Waals surface area contributed by atoms with Crippen LogP contribution in [0, 0.1) is 0 Å². The molecule has 7 nitrogen and oxygen atoms in total. The van der Waals surface area contributed by atoms with Crippen LogP contribution in [0.15, 0.2) is 30.5 Å². The lowest BCUT2D eigenvalue weighted by Crippen LogP contribution is -2.43. The summed E-state index contributed by atoms with van der Waals surface area (Å²) in [5.74, 6) is 0.754. The number of fused-ring (bicyclic) bond motifs is 1. The monoisotopic (exact) mass is 440 g/mol. The number of nitrogens with one attached hydrogen (secondary N) is 2. The third-order valence-corrected chi connectivity index (χ3v) is 5.45. The number of carbonyl (C=O) groups excluding carboxylic acids is 1. The molecule has 0 radical (unpaired) electrons. The summed E-state index contributed by atoms with van der Waals surface area (Å²) in [5.41, 5.74) is 1.33. The maximum atomic E-state index is 12.5. The molecule has 2 aliphatic rings. The number of rotatable bonds is 4. The molecule has 2 amide bonds. The summed E-state index contributed by atoms with van der Waals surface area (Å²) in [6.07, 6.45) is -1.43. The van der Waals surface area contributed by atoms with Crippen molar-refractivity contribution in [2.75, 3.05) is 35.2 Å².